The molecule has 17 heavy (non-hydrogen) atoms. The number of pyridine rings is 1. The molecule has 0 atom stereocenters. The number of aldehydes is 1. The van der Waals surface area contributed by atoms with Crippen LogP contribution in [0.15, 0.2) is 42.6 Å². The Morgan fingerprint density at radius 1 is 1.29 bits per heavy atom. The van der Waals surface area contributed by atoms with Gasteiger partial charge in [-0.15, -0.1) is 0 Å². The molecule has 0 fully saturated rings. The quantitative estimate of drug-likeness (QED) is 0.752. The summed E-state index contributed by atoms with van der Waals surface area (Å²) in [5.41, 5.74) is 1.64. The second kappa shape index (κ2) is 5.25. The van der Waals surface area contributed by atoms with Crippen molar-refractivity contribution in [2.24, 2.45) is 0 Å². The third-order valence-electron chi connectivity index (χ3n) is 2.45. The van der Waals surface area contributed by atoms with Gasteiger partial charge >= 0.3 is 0 Å². The summed E-state index contributed by atoms with van der Waals surface area (Å²) in [6.07, 6.45) is 3.29. The molecule has 0 radical (unpaired) electrons. The number of ether oxygens (including phenoxy) is 1. The van der Waals surface area contributed by atoms with E-state index in [-0.39, 0.29) is 0 Å². The molecule has 0 saturated carbocycles. The second-order valence-corrected chi connectivity index (χ2v) is 3.62. The molecule has 0 bridgehead atoms. The van der Waals surface area contributed by atoms with E-state index >= 15 is 0 Å². The minimum atomic E-state index is 0.343. The van der Waals surface area contributed by atoms with E-state index < -0.39 is 0 Å². The fraction of sp³-hybridized carbons (Fsp3) is 0.143. The maximum atomic E-state index is 10.8. The Morgan fingerprint density at radius 3 is 2.94 bits per heavy atom. The van der Waals surface area contributed by atoms with E-state index in [0.717, 1.165) is 12.7 Å². The van der Waals surface area contributed by atoms with Crippen LogP contribution in [0.2, 0.25) is 0 Å². The van der Waals surface area contributed by atoms with Gasteiger partial charge in [0.1, 0.15) is 5.75 Å². The first-order valence-electron chi connectivity index (χ1n) is 5.50. The highest BCUT2D eigenvalue weighted by Crippen LogP contribution is 2.22. The van der Waals surface area contributed by atoms with Gasteiger partial charge in [-0.3, -0.25) is 4.79 Å². The fourth-order valence-corrected chi connectivity index (χ4v) is 1.52. The summed E-state index contributed by atoms with van der Waals surface area (Å²) in [5, 5.41) is 0. The molecular weight excluding hydrogens is 214 g/mol. The number of nitrogens with zero attached hydrogens (tertiary/aromatic N) is 1. The largest absolute Gasteiger partial charge is 0.438 e. The lowest BCUT2D eigenvalue weighted by molar-refractivity contribution is 0.112. The molecule has 0 saturated heterocycles. The molecule has 1 aromatic heterocycles. The average Bonchev–Trinajstić information content (AvgIpc) is 2.39. The van der Waals surface area contributed by atoms with Gasteiger partial charge in [0.15, 0.2) is 6.29 Å². The smallest absolute Gasteiger partial charge is 0.229 e. The molecule has 0 aliphatic carbocycles. The molecule has 0 unspecified atom stereocenters. The van der Waals surface area contributed by atoms with Gasteiger partial charge in [-0.2, -0.15) is 0 Å². The Kier molecular flexibility index (Phi) is 3.50. The zero-order valence-electron chi connectivity index (χ0n) is 9.59. The number of carbonyl (C=O) groups excluding carboxylic acids is 1. The van der Waals surface area contributed by atoms with Gasteiger partial charge in [-0.05, 0) is 36.2 Å². The number of hydrogen-bond acceptors (Lipinski definition) is 3. The molecule has 86 valence electrons. The number of hydrogen-bond donors (Lipinski definition) is 0. The van der Waals surface area contributed by atoms with E-state index in [0.29, 0.717) is 17.2 Å². The highest BCUT2D eigenvalue weighted by Gasteiger charge is 2.04. The van der Waals surface area contributed by atoms with E-state index in [9.17, 15) is 4.79 Å². The lowest BCUT2D eigenvalue weighted by atomic mass is 10.2. The van der Waals surface area contributed by atoms with E-state index in [2.05, 4.69) is 11.9 Å². The third-order valence-corrected chi connectivity index (χ3v) is 2.45. The van der Waals surface area contributed by atoms with Gasteiger partial charge in [0.25, 0.3) is 0 Å². The van der Waals surface area contributed by atoms with Gasteiger partial charge in [0, 0.05) is 6.20 Å². The summed E-state index contributed by atoms with van der Waals surface area (Å²) in [7, 11) is 0. The van der Waals surface area contributed by atoms with Crippen molar-refractivity contribution in [1.82, 2.24) is 4.98 Å². The topological polar surface area (TPSA) is 39.2 Å². The number of benzene rings is 1. The van der Waals surface area contributed by atoms with Crippen molar-refractivity contribution in [3.63, 3.8) is 0 Å². The maximum Gasteiger partial charge on any atom is 0.229 e. The van der Waals surface area contributed by atoms with Crippen molar-refractivity contribution >= 4 is 6.29 Å². The van der Waals surface area contributed by atoms with Gasteiger partial charge in [0.05, 0.1) is 5.56 Å². The standard InChI is InChI=1S/C14H13NO2/c1-2-11-5-3-7-13(9-11)17-14-12(10-16)6-4-8-15-14/h3-10H,2H2,1H3. The summed E-state index contributed by atoms with van der Waals surface area (Å²) in [4.78, 5) is 14.9. The molecule has 0 aliphatic rings. The van der Waals surface area contributed by atoms with E-state index in [1.807, 2.05) is 24.3 Å². The highest BCUT2D eigenvalue weighted by molar-refractivity contribution is 5.78. The predicted molar refractivity (Wildman–Crippen MR) is 65.5 cm³/mol. The second-order valence-electron chi connectivity index (χ2n) is 3.62. The zero-order chi connectivity index (χ0) is 12.1. The normalized spacial score (nSPS) is 9.94. The zero-order valence-corrected chi connectivity index (χ0v) is 9.59. The van der Waals surface area contributed by atoms with Crippen molar-refractivity contribution in [2.45, 2.75) is 13.3 Å². The molecule has 1 heterocycles. The SMILES string of the molecule is CCc1cccc(Oc2ncccc2C=O)c1. The van der Waals surface area contributed by atoms with Crippen LogP contribution in [0, 0.1) is 0 Å². The van der Waals surface area contributed by atoms with Crippen LogP contribution in [0.1, 0.15) is 22.8 Å². The molecule has 0 amide bonds. The molecule has 1 aromatic carbocycles. The first-order chi connectivity index (χ1) is 8.33. The summed E-state index contributed by atoms with van der Waals surface area (Å²) in [6, 6.07) is 11.1. The number of aryl methyl sites for hydroxylation is 1. The van der Waals surface area contributed by atoms with Crippen LogP contribution in [0.3, 0.4) is 0 Å². The molecule has 3 nitrogen and oxygen atoms in total. The minimum absolute atomic E-state index is 0.343. The third kappa shape index (κ3) is 2.69. The van der Waals surface area contributed by atoms with Gasteiger partial charge in [-0.25, -0.2) is 4.98 Å². The Morgan fingerprint density at radius 2 is 2.18 bits per heavy atom. The first kappa shape index (κ1) is 11.3. The summed E-state index contributed by atoms with van der Waals surface area (Å²) >= 11 is 0. The van der Waals surface area contributed by atoms with Crippen LogP contribution in [0.4, 0.5) is 0 Å². The van der Waals surface area contributed by atoms with Crippen molar-refractivity contribution in [2.75, 3.05) is 0 Å². The summed E-state index contributed by atoms with van der Waals surface area (Å²) in [5.74, 6) is 1.04. The maximum absolute atomic E-state index is 10.8. The van der Waals surface area contributed by atoms with Crippen LogP contribution in [0.5, 0.6) is 11.6 Å². The lowest BCUT2D eigenvalue weighted by Crippen LogP contribution is -1.93. The highest BCUT2D eigenvalue weighted by atomic mass is 16.5. The van der Waals surface area contributed by atoms with E-state index in [1.165, 1.54) is 5.56 Å². The van der Waals surface area contributed by atoms with Crippen LogP contribution in [-0.2, 0) is 6.42 Å². The Labute approximate surface area is 100 Å². The Balaban J connectivity index is 2.27. The first-order valence-corrected chi connectivity index (χ1v) is 5.50. The fourth-order valence-electron chi connectivity index (χ4n) is 1.52. The van der Waals surface area contributed by atoms with Crippen LogP contribution < -0.4 is 4.74 Å². The Bertz CT molecular complexity index is 523. The summed E-state index contributed by atoms with van der Waals surface area (Å²) < 4.78 is 5.60. The Hall–Kier alpha value is -2.16. The van der Waals surface area contributed by atoms with Gasteiger partial charge in [0.2, 0.25) is 5.88 Å². The molecular formula is C14H13NO2. The number of rotatable bonds is 4. The number of carbonyl (C=O) groups is 1. The van der Waals surface area contributed by atoms with Gasteiger partial charge < -0.3 is 4.74 Å². The molecule has 0 spiro atoms. The minimum Gasteiger partial charge on any atom is -0.438 e. The summed E-state index contributed by atoms with van der Waals surface area (Å²) in [6.45, 7) is 2.08. The number of aromatic nitrogens is 1. The molecule has 0 aliphatic heterocycles. The van der Waals surface area contributed by atoms with Crippen LogP contribution in [0.25, 0.3) is 0 Å². The van der Waals surface area contributed by atoms with Crippen molar-refractivity contribution in [3.05, 3.63) is 53.7 Å². The van der Waals surface area contributed by atoms with Crippen molar-refractivity contribution in [1.29, 1.82) is 0 Å². The average molecular weight is 227 g/mol. The lowest BCUT2D eigenvalue weighted by Gasteiger charge is -2.07. The molecule has 0 N–H and O–H groups in total. The molecule has 2 aromatic rings. The molecule has 2 rings (SSSR count). The van der Waals surface area contributed by atoms with Gasteiger partial charge in [-0.1, -0.05) is 19.1 Å². The molecule has 3 heteroatoms. The monoisotopic (exact) mass is 227 g/mol. The van der Waals surface area contributed by atoms with E-state index in [4.69, 9.17) is 4.74 Å². The predicted octanol–water partition coefficient (Wildman–Crippen LogP) is 3.25. The van der Waals surface area contributed by atoms with Crippen LogP contribution >= 0.6 is 0 Å². The van der Waals surface area contributed by atoms with Crippen LogP contribution in [-0.4, -0.2) is 11.3 Å². The van der Waals surface area contributed by atoms with Crippen molar-refractivity contribution in [3.8, 4) is 11.6 Å². The van der Waals surface area contributed by atoms with E-state index in [1.54, 1.807) is 18.3 Å². The van der Waals surface area contributed by atoms with Crippen molar-refractivity contribution < 1.29 is 9.53 Å².